The lowest BCUT2D eigenvalue weighted by molar-refractivity contribution is 0.0188. The summed E-state index contributed by atoms with van der Waals surface area (Å²) < 4.78 is 5.78. The minimum Gasteiger partial charge on any atom is -0.507 e. The van der Waals surface area contributed by atoms with E-state index in [4.69, 9.17) is 10.00 Å². The summed E-state index contributed by atoms with van der Waals surface area (Å²) >= 11 is 0. The van der Waals surface area contributed by atoms with Crippen molar-refractivity contribution in [2.45, 2.75) is 31.7 Å². The molecule has 5 heteroatoms. The van der Waals surface area contributed by atoms with Gasteiger partial charge in [0.05, 0.1) is 36.7 Å². The number of benzene rings is 1. The Labute approximate surface area is 178 Å². The molecule has 1 unspecified atom stereocenters. The van der Waals surface area contributed by atoms with Crippen LogP contribution in [0.25, 0.3) is 11.8 Å². The van der Waals surface area contributed by atoms with E-state index in [1.807, 2.05) is 24.3 Å². The number of morpholine rings is 1. The number of pyridine rings is 1. The molecule has 3 rings (SSSR count). The van der Waals surface area contributed by atoms with E-state index in [0.717, 1.165) is 47.5 Å². The molecule has 1 aliphatic heterocycles. The first-order valence-corrected chi connectivity index (χ1v) is 10.2. The molecule has 0 bridgehead atoms. The summed E-state index contributed by atoms with van der Waals surface area (Å²) in [6.07, 6.45) is 6.11. The first kappa shape index (κ1) is 21.4. The quantitative estimate of drug-likeness (QED) is 0.666. The van der Waals surface area contributed by atoms with Gasteiger partial charge < -0.3 is 14.7 Å². The van der Waals surface area contributed by atoms with Gasteiger partial charge in [0.25, 0.3) is 0 Å². The van der Waals surface area contributed by atoms with Crippen LogP contribution in [0.4, 0.5) is 0 Å². The fourth-order valence-electron chi connectivity index (χ4n) is 3.94. The predicted octanol–water partition coefficient (Wildman–Crippen LogP) is 4.35. The third-order valence-corrected chi connectivity index (χ3v) is 5.43. The third-order valence-electron chi connectivity index (χ3n) is 5.43. The van der Waals surface area contributed by atoms with Crippen molar-refractivity contribution in [1.29, 1.82) is 5.26 Å². The molecule has 1 fully saturated rings. The van der Waals surface area contributed by atoms with Gasteiger partial charge in [0.15, 0.2) is 0 Å². The van der Waals surface area contributed by atoms with Crippen LogP contribution < -0.4 is 0 Å². The van der Waals surface area contributed by atoms with Gasteiger partial charge in [0.1, 0.15) is 5.75 Å². The summed E-state index contributed by atoms with van der Waals surface area (Å²) in [6, 6.07) is 11.8. The van der Waals surface area contributed by atoms with Gasteiger partial charge in [0, 0.05) is 36.7 Å². The summed E-state index contributed by atoms with van der Waals surface area (Å²) in [5.74, 6) is 0.253. The van der Waals surface area contributed by atoms with Crippen LogP contribution in [0.5, 0.6) is 5.75 Å². The Morgan fingerprint density at radius 3 is 2.97 bits per heavy atom. The van der Waals surface area contributed by atoms with Gasteiger partial charge in [-0.25, -0.2) is 0 Å². The van der Waals surface area contributed by atoms with Gasteiger partial charge in [-0.2, -0.15) is 5.26 Å². The Morgan fingerprint density at radius 1 is 1.33 bits per heavy atom. The van der Waals surface area contributed by atoms with Gasteiger partial charge in [0.2, 0.25) is 0 Å². The molecule has 1 N–H and O–H groups in total. The SMILES string of the molecule is C=C=C(c1cccnc1CCC#N)N1CCOCC1CCc1cccc(O)c1C=C. The van der Waals surface area contributed by atoms with E-state index in [2.05, 4.69) is 34.8 Å². The van der Waals surface area contributed by atoms with Crippen molar-refractivity contribution in [3.05, 3.63) is 77.8 Å². The van der Waals surface area contributed by atoms with Crippen molar-refractivity contribution < 1.29 is 9.84 Å². The largest absolute Gasteiger partial charge is 0.507 e. The van der Waals surface area contributed by atoms with Gasteiger partial charge in [-0.1, -0.05) is 31.4 Å². The number of rotatable bonds is 8. The molecule has 0 aliphatic carbocycles. The molecule has 154 valence electrons. The van der Waals surface area contributed by atoms with Crippen molar-refractivity contribution in [3.63, 3.8) is 0 Å². The fourth-order valence-corrected chi connectivity index (χ4v) is 3.94. The zero-order chi connectivity index (χ0) is 21.3. The minimum atomic E-state index is 0.145. The molecular formula is C25H27N3O2. The van der Waals surface area contributed by atoms with Crippen LogP contribution in [-0.2, 0) is 17.6 Å². The van der Waals surface area contributed by atoms with E-state index in [-0.39, 0.29) is 11.8 Å². The molecular weight excluding hydrogens is 374 g/mol. The molecule has 0 radical (unpaired) electrons. The Kier molecular flexibility index (Phi) is 7.45. The van der Waals surface area contributed by atoms with Crippen LogP contribution in [0.15, 0.2) is 55.4 Å². The van der Waals surface area contributed by atoms with Crippen molar-refractivity contribution in [2.24, 2.45) is 0 Å². The van der Waals surface area contributed by atoms with E-state index < -0.39 is 0 Å². The van der Waals surface area contributed by atoms with Gasteiger partial charge in [-0.05, 0) is 36.6 Å². The summed E-state index contributed by atoms with van der Waals surface area (Å²) in [6.45, 7) is 9.76. The minimum absolute atomic E-state index is 0.145. The topological polar surface area (TPSA) is 69.4 Å². The molecule has 1 aromatic heterocycles. The highest BCUT2D eigenvalue weighted by atomic mass is 16.5. The summed E-state index contributed by atoms with van der Waals surface area (Å²) in [7, 11) is 0. The summed E-state index contributed by atoms with van der Waals surface area (Å²) in [4.78, 5) is 6.79. The van der Waals surface area contributed by atoms with Crippen LogP contribution in [0, 0.1) is 11.3 Å². The standard InChI is InChI=1S/C25H27N3O2/c1-3-21-19(8-5-11-25(21)29)12-13-20-18-30-17-16-28(20)24(4-2)22-9-7-15-27-23(22)10-6-14-26/h3,5,7-9,11,15,20,29H,1-2,6,10,12-13,16-18H2. The summed E-state index contributed by atoms with van der Waals surface area (Å²) in [5, 5.41) is 19.1. The van der Waals surface area contributed by atoms with Gasteiger partial charge >= 0.3 is 0 Å². The monoisotopic (exact) mass is 401 g/mol. The normalized spacial score (nSPS) is 15.8. The fraction of sp³-hybridized carbons (Fsp3) is 0.320. The average molecular weight is 402 g/mol. The molecule has 0 spiro atoms. The zero-order valence-electron chi connectivity index (χ0n) is 17.2. The number of phenols is 1. The Balaban J connectivity index is 1.83. The van der Waals surface area contributed by atoms with Crippen LogP contribution >= 0.6 is 0 Å². The number of nitrogens with zero attached hydrogens (tertiary/aromatic N) is 3. The van der Waals surface area contributed by atoms with E-state index in [1.54, 1.807) is 18.3 Å². The molecule has 0 amide bonds. The Morgan fingerprint density at radius 2 is 2.20 bits per heavy atom. The highest BCUT2D eigenvalue weighted by molar-refractivity contribution is 5.65. The van der Waals surface area contributed by atoms with E-state index in [9.17, 15) is 5.11 Å². The first-order chi connectivity index (χ1) is 14.7. The Hall–Kier alpha value is -3.32. The third kappa shape index (κ3) is 4.80. The number of aryl methyl sites for hydroxylation is 2. The zero-order valence-corrected chi connectivity index (χ0v) is 17.2. The Bertz CT molecular complexity index is 986. The number of hydrogen-bond acceptors (Lipinski definition) is 5. The second-order valence-electron chi connectivity index (χ2n) is 7.20. The molecule has 1 saturated heterocycles. The molecule has 5 nitrogen and oxygen atoms in total. The number of aromatic nitrogens is 1. The molecule has 1 aromatic carbocycles. The second-order valence-corrected chi connectivity index (χ2v) is 7.20. The number of aromatic hydroxyl groups is 1. The van der Waals surface area contributed by atoms with Crippen LogP contribution in [0.1, 0.15) is 35.2 Å². The van der Waals surface area contributed by atoms with Crippen LogP contribution in [-0.4, -0.2) is 40.8 Å². The van der Waals surface area contributed by atoms with Crippen LogP contribution in [0.3, 0.4) is 0 Å². The summed E-state index contributed by atoms with van der Waals surface area (Å²) in [5.41, 5.74) is 7.74. The molecule has 2 aromatic rings. The second kappa shape index (κ2) is 10.5. The molecule has 0 saturated carbocycles. The maximum Gasteiger partial charge on any atom is 0.123 e. The maximum absolute atomic E-state index is 10.1. The van der Waals surface area contributed by atoms with E-state index >= 15 is 0 Å². The van der Waals surface area contributed by atoms with Gasteiger partial charge in [-0.15, -0.1) is 5.73 Å². The number of hydrogen-bond donors (Lipinski definition) is 1. The molecule has 1 atom stereocenters. The number of phenolic OH excluding ortho intramolecular Hbond substituents is 1. The smallest absolute Gasteiger partial charge is 0.123 e. The van der Waals surface area contributed by atoms with Crippen LogP contribution in [0.2, 0.25) is 0 Å². The van der Waals surface area contributed by atoms with Crippen molar-refractivity contribution in [1.82, 2.24) is 9.88 Å². The number of ether oxygens (including phenoxy) is 1. The lowest BCUT2D eigenvalue weighted by Crippen LogP contribution is -2.44. The van der Waals surface area contributed by atoms with E-state index in [1.165, 1.54) is 0 Å². The lowest BCUT2D eigenvalue weighted by Gasteiger charge is -2.38. The lowest BCUT2D eigenvalue weighted by atomic mass is 9.97. The van der Waals surface area contributed by atoms with E-state index in [0.29, 0.717) is 26.1 Å². The van der Waals surface area contributed by atoms with Crippen molar-refractivity contribution in [2.75, 3.05) is 19.8 Å². The van der Waals surface area contributed by atoms with Gasteiger partial charge in [-0.3, -0.25) is 4.98 Å². The average Bonchev–Trinajstić information content (AvgIpc) is 2.78. The van der Waals surface area contributed by atoms with Crippen molar-refractivity contribution in [3.8, 4) is 11.8 Å². The predicted molar refractivity (Wildman–Crippen MR) is 119 cm³/mol. The first-order valence-electron chi connectivity index (χ1n) is 10.2. The number of nitriles is 1. The van der Waals surface area contributed by atoms with Crippen molar-refractivity contribution >= 4 is 11.8 Å². The highest BCUT2D eigenvalue weighted by Crippen LogP contribution is 2.29. The highest BCUT2D eigenvalue weighted by Gasteiger charge is 2.27. The molecule has 2 heterocycles. The maximum atomic E-state index is 10.1. The molecule has 1 aliphatic rings. The molecule has 30 heavy (non-hydrogen) atoms.